The van der Waals surface area contributed by atoms with Crippen LogP contribution in [0.25, 0.3) is 0 Å². The average Bonchev–Trinajstić information content (AvgIpc) is 1.87. The molecule has 0 aromatic rings. The molecule has 0 saturated heterocycles. The Morgan fingerprint density at radius 2 is 2.33 bits per heavy atom. The van der Waals surface area contributed by atoms with E-state index in [1.54, 1.807) is 6.92 Å². The summed E-state index contributed by atoms with van der Waals surface area (Å²) in [4.78, 5) is 20.8. The summed E-state index contributed by atoms with van der Waals surface area (Å²) in [5.74, 6) is 0. The Bertz CT molecular complexity index is 113. The van der Waals surface area contributed by atoms with E-state index in [0.29, 0.717) is 4.90 Å². The molecule has 0 aliphatic carbocycles. The second-order valence-corrected chi connectivity index (χ2v) is 1.35. The quantitative estimate of drug-likeness (QED) is 0.499. The highest BCUT2D eigenvalue weighted by Crippen LogP contribution is 1.83. The molecule has 0 N–H and O–H groups in total. The first kappa shape index (κ1) is 7.94. The van der Waals surface area contributed by atoms with Gasteiger partial charge in [0.25, 0.3) is 0 Å². The highest BCUT2D eigenvalue weighted by Gasteiger charge is 2.06. The van der Waals surface area contributed by atoms with Gasteiger partial charge in [-0.3, -0.25) is 4.79 Å². The molecule has 0 aliphatic rings. The maximum atomic E-state index is 10.4. The van der Waals surface area contributed by atoms with Crippen molar-refractivity contribution >= 4 is 12.5 Å². The van der Waals surface area contributed by atoms with Crippen molar-refractivity contribution < 1.29 is 14.3 Å². The van der Waals surface area contributed by atoms with E-state index in [-0.39, 0.29) is 6.61 Å². The number of hydrogen-bond donors (Lipinski definition) is 0. The highest BCUT2D eigenvalue weighted by molar-refractivity contribution is 5.79. The van der Waals surface area contributed by atoms with Gasteiger partial charge < -0.3 is 4.74 Å². The molecular weight excluding hydrogens is 122 g/mol. The van der Waals surface area contributed by atoms with Crippen molar-refractivity contribution in [2.45, 2.75) is 6.92 Å². The van der Waals surface area contributed by atoms with Crippen LogP contribution in [0.1, 0.15) is 6.92 Å². The standard InChI is InChI=1S/C5H8NO3/c1-3-9-5(8)6(2)4-7/h3H2,1-2H3. The van der Waals surface area contributed by atoms with Gasteiger partial charge in [0.2, 0.25) is 0 Å². The van der Waals surface area contributed by atoms with Crippen molar-refractivity contribution in [1.82, 2.24) is 4.90 Å². The van der Waals surface area contributed by atoms with E-state index in [9.17, 15) is 9.59 Å². The summed E-state index contributed by atoms with van der Waals surface area (Å²) in [6.45, 7) is 1.93. The summed E-state index contributed by atoms with van der Waals surface area (Å²) >= 11 is 0. The van der Waals surface area contributed by atoms with Crippen molar-refractivity contribution in [2.75, 3.05) is 13.7 Å². The zero-order valence-corrected chi connectivity index (χ0v) is 5.38. The van der Waals surface area contributed by atoms with Crippen LogP contribution < -0.4 is 0 Å². The molecule has 0 spiro atoms. The van der Waals surface area contributed by atoms with Crippen LogP contribution in [0.4, 0.5) is 4.79 Å². The van der Waals surface area contributed by atoms with Gasteiger partial charge in [0.1, 0.15) is 0 Å². The number of ether oxygens (including phenoxy) is 1. The highest BCUT2D eigenvalue weighted by atomic mass is 16.6. The third kappa shape index (κ3) is 2.69. The fraction of sp³-hybridized carbons (Fsp3) is 0.600. The van der Waals surface area contributed by atoms with Crippen molar-refractivity contribution in [3.63, 3.8) is 0 Å². The van der Waals surface area contributed by atoms with Crippen LogP contribution in [-0.4, -0.2) is 31.1 Å². The van der Waals surface area contributed by atoms with Crippen LogP contribution in [0, 0.1) is 0 Å². The number of nitrogens with zero attached hydrogens (tertiary/aromatic N) is 1. The van der Waals surface area contributed by atoms with E-state index in [0.717, 1.165) is 0 Å². The molecule has 2 amide bonds. The molecular formula is C5H8NO3. The molecule has 51 valence electrons. The predicted octanol–water partition coefficient (Wildman–Crippen LogP) is 0.142. The molecule has 0 aromatic carbocycles. The number of hydrogen-bond acceptors (Lipinski definition) is 3. The first-order valence-corrected chi connectivity index (χ1v) is 2.50. The molecule has 9 heavy (non-hydrogen) atoms. The van der Waals surface area contributed by atoms with Crippen LogP contribution in [-0.2, 0) is 9.53 Å². The first-order valence-electron chi connectivity index (χ1n) is 2.50. The number of carbonyl (C=O) groups is 1. The summed E-state index contributed by atoms with van der Waals surface area (Å²) in [5.41, 5.74) is 0. The molecule has 0 saturated carbocycles. The van der Waals surface area contributed by atoms with Crippen LogP contribution >= 0.6 is 0 Å². The summed E-state index contributed by atoms with van der Waals surface area (Å²) < 4.78 is 4.42. The molecule has 0 aliphatic heterocycles. The van der Waals surface area contributed by atoms with Gasteiger partial charge in [-0.1, -0.05) is 0 Å². The van der Waals surface area contributed by atoms with Crippen LogP contribution in [0.5, 0.6) is 0 Å². The van der Waals surface area contributed by atoms with Gasteiger partial charge in [-0.05, 0) is 6.92 Å². The lowest BCUT2D eigenvalue weighted by Gasteiger charge is -2.05. The fourth-order valence-electron chi connectivity index (χ4n) is 0.258. The van der Waals surface area contributed by atoms with Gasteiger partial charge in [-0.2, -0.15) is 0 Å². The van der Waals surface area contributed by atoms with Crippen molar-refractivity contribution in [2.24, 2.45) is 0 Å². The Balaban J connectivity index is 3.58. The SMILES string of the molecule is CCOC(=O)N(C)[C]=O. The third-order valence-corrected chi connectivity index (χ3v) is 0.679. The van der Waals surface area contributed by atoms with E-state index in [1.165, 1.54) is 13.5 Å². The molecule has 0 aromatic heterocycles. The molecule has 0 unspecified atom stereocenters. The van der Waals surface area contributed by atoms with Gasteiger partial charge in [0.15, 0.2) is 0 Å². The predicted molar refractivity (Wildman–Crippen MR) is 30.5 cm³/mol. The maximum Gasteiger partial charge on any atom is 0.416 e. The Kier molecular flexibility index (Phi) is 3.43. The van der Waals surface area contributed by atoms with E-state index in [1.807, 2.05) is 0 Å². The van der Waals surface area contributed by atoms with Crippen LogP contribution in [0.15, 0.2) is 0 Å². The van der Waals surface area contributed by atoms with Gasteiger partial charge in [-0.15, -0.1) is 0 Å². The molecule has 0 bridgehead atoms. The van der Waals surface area contributed by atoms with Gasteiger partial charge in [-0.25, -0.2) is 9.69 Å². The average molecular weight is 130 g/mol. The normalized spacial score (nSPS) is 8.22. The number of rotatable bonds is 2. The number of amides is 2. The molecule has 4 nitrogen and oxygen atoms in total. The van der Waals surface area contributed by atoms with Gasteiger partial charge in [0.05, 0.1) is 6.61 Å². The number of imide groups is 1. The van der Waals surface area contributed by atoms with E-state index < -0.39 is 6.09 Å². The number of carbonyl (C=O) groups excluding carboxylic acids is 2. The molecule has 0 rings (SSSR count). The summed E-state index contributed by atoms with van der Waals surface area (Å²) in [6, 6.07) is 0. The second-order valence-electron chi connectivity index (χ2n) is 1.35. The monoisotopic (exact) mass is 130 g/mol. The first-order chi connectivity index (χ1) is 4.22. The van der Waals surface area contributed by atoms with E-state index >= 15 is 0 Å². The lowest BCUT2D eigenvalue weighted by molar-refractivity contribution is 0.133. The van der Waals surface area contributed by atoms with Crippen LogP contribution in [0.3, 0.4) is 0 Å². The second kappa shape index (κ2) is 3.88. The Hall–Kier alpha value is -1.06. The van der Waals surface area contributed by atoms with E-state index in [4.69, 9.17) is 0 Å². The van der Waals surface area contributed by atoms with Crippen molar-refractivity contribution in [3.05, 3.63) is 0 Å². The zero-order chi connectivity index (χ0) is 7.28. The van der Waals surface area contributed by atoms with Gasteiger partial charge >= 0.3 is 12.5 Å². The maximum absolute atomic E-state index is 10.4. The van der Waals surface area contributed by atoms with Crippen molar-refractivity contribution in [3.8, 4) is 0 Å². The molecule has 4 heteroatoms. The molecule has 1 radical (unpaired) electrons. The lowest BCUT2D eigenvalue weighted by atomic mass is 10.8. The topological polar surface area (TPSA) is 46.6 Å². The Labute approximate surface area is 53.4 Å². The summed E-state index contributed by atoms with van der Waals surface area (Å²) in [6.07, 6.45) is 0.685. The zero-order valence-electron chi connectivity index (χ0n) is 5.38. The lowest BCUT2D eigenvalue weighted by Crippen LogP contribution is -2.25. The Morgan fingerprint density at radius 3 is 2.67 bits per heavy atom. The van der Waals surface area contributed by atoms with E-state index in [2.05, 4.69) is 4.74 Å². The minimum Gasteiger partial charge on any atom is -0.449 e. The third-order valence-electron chi connectivity index (χ3n) is 0.679. The van der Waals surface area contributed by atoms with Gasteiger partial charge in [0, 0.05) is 7.05 Å². The smallest absolute Gasteiger partial charge is 0.416 e. The van der Waals surface area contributed by atoms with Crippen molar-refractivity contribution in [1.29, 1.82) is 0 Å². The molecule has 0 heterocycles. The minimum absolute atomic E-state index is 0.269. The van der Waals surface area contributed by atoms with Crippen LogP contribution in [0.2, 0.25) is 0 Å². The minimum atomic E-state index is -0.674. The fourth-order valence-corrected chi connectivity index (χ4v) is 0.258. The summed E-state index contributed by atoms with van der Waals surface area (Å²) in [7, 11) is 1.28. The largest absolute Gasteiger partial charge is 0.449 e. The molecule has 0 fully saturated rings. The summed E-state index contributed by atoms with van der Waals surface area (Å²) in [5, 5.41) is 0. The Morgan fingerprint density at radius 1 is 1.78 bits per heavy atom. The molecule has 0 atom stereocenters.